The molecule has 14 heteroatoms. The molecule has 0 bridgehead atoms. The summed E-state index contributed by atoms with van der Waals surface area (Å²) in [7, 11) is 0. The maximum absolute atomic E-state index is 16.8. The highest BCUT2D eigenvalue weighted by molar-refractivity contribution is 6.00. The number of fused-ring (bicyclic) bond motifs is 5. The predicted molar refractivity (Wildman–Crippen MR) is 167 cm³/mol. The first-order valence-electron chi connectivity index (χ1n) is 16.0. The van der Waals surface area contributed by atoms with Crippen molar-refractivity contribution >= 4 is 27.5 Å². The Hall–Kier alpha value is -4.92. The van der Waals surface area contributed by atoms with Crippen molar-refractivity contribution in [3.8, 4) is 35.3 Å². The number of anilines is 1. The van der Waals surface area contributed by atoms with E-state index in [1.165, 1.54) is 18.3 Å². The lowest BCUT2D eigenvalue weighted by Crippen LogP contribution is -2.51. The summed E-state index contributed by atoms with van der Waals surface area (Å²) in [5.41, 5.74) is -0.826. The molecule has 4 aromatic rings. The molecule has 2 aromatic carbocycles. The van der Waals surface area contributed by atoms with Gasteiger partial charge in [-0.25, -0.2) is 13.2 Å². The molecule has 48 heavy (non-hydrogen) atoms. The molecule has 0 spiro atoms. The molecule has 11 nitrogen and oxygen atoms in total. The van der Waals surface area contributed by atoms with E-state index in [-0.39, 0.29) is 63.2 Å². The van der Waals surface area contributed by atoms with Crippen LogP contribution in [0.5, 0.6) is 11.8 Å². The molecule has 4 aliphatic heterocycles. The van der Waals surface area contributed by atoms with Gasteiger partial charge in [0, 0.05) is 48.7 Å². The molecule has 4 saturated heterocycles. The van der Waals surface area contributed by atoms with Gasteiger partial charge >= 0.3 is 6.01 Å². The van der Waals surface area contributed by atoms with Crippen molar-refractivity contribution in [2.75, 3.05) is 50.9 Å². The topological polar surface area (TPSA) is 135 Å². The maximum Gasteiger partial charge on any atom is 0.319 e. The molecular weight excluding hydrogens is 625 g/mol. The Kier molecular flexibility index (Phi) is 7.38. The molecule has 8 rings (SSSR count). The van der Waals surface area contributed by atoms with Crippen LogP contribution in [-0.2, 0) is 4.74 Å². The minimum absolute atomic E-state index is 0.0550. The summed E-state index contributed by atoms with van der Waals surface area (Å²) in [5.74, 6) is -2.77. The molecule has 2 aromatic heterocycles. The van der Waals surface area contributed by atoms with Gasteiger partial charge in [0.15, 0.2) is 23.6 Å². The number of pyridine rings is 1. The lowest BCUT2D eigenvalue weighted by atomic mass is 9.90. The van der Waals surface area contributed by atoms with E-state index in [1.54, 1.807) is 4.90 Å². The van der Waals surface area contributed by atoms with Gasteiger partial charge in [0.1, 0.15) is 29.4 Å². The SMILES string of the molecule is N#CC[C@H]1CN(c2nc(OCC34CCCN3C3COCC3C4)nc3c(F)c(-c4cc(O)cc5ccc(F)c(F)c45)ncc23)CCN1C#N. The number of rotatable bonds is 6. The van der Waals surface area contributed by atoms with Crippen LogP contribution in [0.15, 0.2) is 30.5 Å². The van der Waals surface area contributed by atoms with Crippen molar-refractivity contribution in [3.05, 3.63) is 47.9 Å². The first-order chi connectivity index (χ1) is 23.3. The van der Waals surface area contributed by atoms with Gasteiger partial charge < -0.3 is 24.4 Å². The second-order valence-electron chi connectivity index (χ2n) is 13.1. The summed E-state index contributed by atoms with van der Waals surface area (Å²) < 4.78 is 58.4. The molecule has 4 aliphatic rings. The van der Waals surface area contributed by atoms with Crippen LogP contribution in [0.3, 0.4) is 0 Å². The summed E-state index contributed by atoms with van der Waals surface area (Å²) in [6.45, 7) is 3.59. The smallest absolute Gasteiger partial charge is 0.319 e. The summed E-state index contributed by atoms with van der Waals surface area (Å²) in [4.78, 5) is 19.5. The normalized spacial score (nSPS) is 25.3. The standard InChI is InChI=1S/C34H31F3N8O3/c35-25-3-2-19-10-22(46)11-23(27(19)28(25)36)30-29(37)31-24(13-40-30)32(43-8-9-44(18-39)21(14-43)4-6-38)42-33(41-31)48-17-34-5-1-7-45(34)26-16-47-15-20(26)12-34/h2-3,10-11,13,20-21,26,46H,1,4-5,7-9,12,14-17H2/t20?,21-,26?,34?/m0/s1. The van der Waals surface area contributed by atoms with E-state index in [4.69, 9.17) is 14.5 Å². The number of hydrogen-bond donors (Lipinski definition) is 1. The Balaban J connectivity index is 1.24. The van der Waals surface area contributed by atoms with Gasteiger partial charge in [-0.2, -0.15) is 20.5 Å². The van der Waals surface area contributed by atoms with Gasteiger partial charge in [-0.05, 0) is 49.4 Å². The number of nitrogens with zero attached hydrogens (tertiary/aromatic N) is 8. The minimum atomic E-state index is -1.19. The summed E-state index contributed by atoms with van der Waals surface area (Å²) in [6.07, 6.45) is 6.50. The second kappa shape index (κ2) is 11.6. The fourth-order valence-electron chi connectivity index (χ4n) is 8.27. The quantitative estimate of drug-likeness (QED) is 0.294. The average Bonchev–Trinajstić information content (AvgIpc) is 3.78. The Morgan fingerprint density at radius 1 is 1.08 bits per heavy atom. The third-order valence-electron chi connectivity index (χ3n) is 10.5. The fourth-order valence-corrected chi connectivity index (χ4v) is 8.27. The summed E-state index contributed by atoms with van der Waals surface area (Å²) >= 11 is 0. The number of nitriles is 2. The molecule has 0 saturated carbocycles. The van der Waals surface area contributed by atoms with Crippen molar-refractivity contribution in [1.82, 2.24) is 24.8 Å². The number of piperazine rings is 1. The molecule has 246 valence electrons. The molecule has 1 N–H and O–H groups in total. The maximum atomic E-state index is 16.8. The third kappa shape index (κ3) is 4.81. The molecule has 6 heterocycles. The zero-order chi connectivity index (χ0) is 33.2. The second-order valence-corrected chi connectivity index (χ2v) is 13.1. The number of aromatic hydroxyl groups is 1. The van der Waals surface area contributed by atoms with Crippen LogP contribution in [0, 0.1) is 46.2 Å². The Bertz CT molecular complexity index is 2040. The van der Waals surface area contributed by atoms with Gasteiger partial charge in [-0.15, -0.1) is 0 Å². The van der Waals surface area contributed by atoms with E-state index in [0.717, 1.165) is 37.9 Å². The third-order valence-corrected chi connectivity index (χ3v) is 10.5. The summed E-state index contributed by atoms with van der Waals surface area (Å²) in [5, 5.41) is 29.7. The highest BCUT2D eigenvalue weighted by atomic mass is 19.2. The van der Waals surface area contributed by atoms with E-state index in [1.807, 2.05) is 4.90 Å². The molecule has 4 fully saturated rings. The molecule has 4 atom stereocenters. The number of phenols is 1. The van der Waals surface area contributed by atoms with Crippen LogP contribution in [0.25, 0.3) is 32.9 Å². The molecular formula is C34H31F3N8O3. The van der Waals surface area contributed by atoms with E-state index in [9.17, 15) is 20.0 Å². The summed E-state index contributed by atoms with van der Waals surface area (Å²) in [6, 6.07) is 6.65. The van der Waals surface area contributed by atoms with Crippen LogP contribution in [0.1, 0.15) is 25.7 Å². The van der Waals surface area contributed by atoms with E-state index < -0.39 is 23.5 Å². The van der Waals surface area contributed by atoms with Gasteiger partial charge in [-0.3, -0.25) is 9.88 Å². The molecule has 3 unspecified atom stereocenters. The zero-order valence-electron chi connectivity index (χ0n) is 25.9. The van der Waals surface area contributed by atoms with Crippen LogP contribution >= 0.6 is 0 Å². The van der Waals surface area contributed by atoms with Crippen LogP contribution in [0.2, 0.25) is 0 Å². The Morgan fingerprint density at radius 3 is 2.79 bits per heavy atom. The lowest BCUT2D eigenvalue weighted by molar-refractivity contribution is 0.0582. The number of ether oxygens (including phenoxy) is 2. The first-order valence-corrected chi connectivity index (χ1v) is 16.0. The largest absolute Gasteiger partial charge is 0.508 e. The van der Waals surface area contributed by atoms with Crippen LogP contribution < -0.4 is 9.64 Å². The van der Waals surface area contributed by atoms with E-state index >= 15 is 8.78 Å². The first kappa shape index (κ1) is 30.4. The number of aromatic nitrogens is 3. The van der Waals surface area contributed by atoms with Crippen LogP contribution in [-0.4, -0.2) is 93.5 Å². The molecule has 0 aliphatic carbocycles. The van der Waals surface area contributed by atoms with Crippen LogP contribution in [0.4, 0.5) is 19.0 Å². The average molecular weight is 657 g/mol. The van der Waals surface area contributed by atoms with Gasteiger partial charge in [-0.1, -0.05) is 6.07 Å². The fraction of sp³-hybridized carbons (Fsp3) is 0.441. The highest BCUT2D eigenvalue weighted by Crippen LogP contribution is 2.48. The Morgan fingerprint density at radius 2 is 1.96 bits per heavy atom. The number of phenolic OH excluding ortho intramolecular Hbond substituents is 1. The van der Waals surface area contributed by atoms with Crippen molar-refractivity contribution in [3.63, 3.8) is 0 Å². The Labute approximate surface area is 273 Å². The monoisotopic (exact) mass is 656 g/mol. The van der Waals surface area contributed by atoms with Gasteiger partial charge in [0.2, 0.25) is 0 Å². The van der Waals surface area contributed by atoms with Crippen molar-refractivity contribution in [1.29, 1.82) is 10.5 Å². The van der Waals surface area contributed by atoms with Gasteiger partial charge in [0.25, 0.3) is 0 Å². The van der Waals surface area contributed by atoms with E-state index in [0.29, 0.717) is 50.7 Å². The number of halogens is 3. The van der Waals surface area contributed by atoms with E-state index in [2.05, 4.69) is 27.1 Å². The van der Waals surface area contributed by atoms with Crippen molar-refractivity contribution in [2.45, 2.75) is 43.3 Å². The minimum Gasteiger partial charge on any atom is -0.508 e. The number of benzene rings is 2. The highest BCUT2D eigenvalue weighted by Gasteiger charge is 2.56. The predicted octanol–water partition coefficient (Wildman–Crippen LogP) is 4.49. The molecule has 0 amide bonds. The van der Waals surface area contributed by atoms with Gasteiger partial charge in [0.05, 0.1) is 42.7 Å². The number of hydrogen-bond acceptors (Lipinski definition) is 11. The zero-order valence-corrected chi connectivity index (χ0v) is 25.9. The molecule has 0 radical (unpaired) electrons. The van der Waals surface area contributed by atoms with Crippen molar-refractivity contribution in [2.24, 2.45) is 5.92 Å². The van der Waals surface area contributed by atoms with Crippen molar-refractivity contribution < 1.29 is 27.8 Å². The lowest BCUT2D eigenvalue weighted by Gasteiger charge is -2.38.